The molecule has 0 fully saturated rings. The number of para-hydroxylation sites is 2. The Balaban J connectivity index is 1.94. The molecule has 1 atom stereocenters. The van der Waals surface area contributed by atoms with Gasteiger partial charge in [-0.25, -0.2) is 0 Å². The summed E-state index contributed by atoms with van der Waals surface area (Å²) in [6.45, 7) is 1.57. The Bertz CT molecular complexity index is 960. The van der Waals surface area contributed by atoms with Crippen LogP contribution in [-0.4, -0.2) is 25.8 Å². The number of nitrogens with one attached hydrogen (secondary N) is 1. The number of hydrogen-bond donors (Lipinski definition) is 1. The summed E-state index contributed by atoms with van der Waals surface area (Å²) in [6, 6.07) is 15.5. The number of carbonyl (C=O) groups excluding carboxylic acids is 2. The molecule has 0 saturated heterocycles. The van der Waals surface area contributed by atoms with Crippen LogP contribution in [0.15, 0.2) is 59.8 Å². The number of anilines is 3. The first kappa shape index (κ1) is 18.3. The Kier molecular flexibility index (Phi) is 4.67. The van der Waals surface area contributed by atoms with Crippen LogP contribution in [-0.2, 0) is 9.59 Å². The Morgan fingerprint density at radius 1 is 1.07 bits per heavy atom. The van der Waals surface area contributed by atoms with E-state index in [1.54, 1.807) is 11.8 Å². The number of rotatable bonds is 2. The van der Waals surface area contributed by atoms with Gasteiger partial charge in [0.1, 0.15) is 0 Å². The van der Waals surface area contributed by atoms with E-state index in [2.05, 4.69) is 5.32 Å². The molecule has 0 radical (unpaired) electrons. The van der Waals surface area contributed by atoms with Crippen molar-refractivity contribution in [3.8, 4) is 0 Å². The molecular weight excluding hydrogens is 350 g/mol. The second-order valence-corrected chi connectivity index (χ2v) is 7.59. The summed E-state index contributed by atoms with van der Waals surface area (Å²) in [5.74, 6) is 0.0394. The Morgan fingerprint density at radius 3 is 2.46 bits per heavy atom. The molecule has 0 aromatic heterocycles. The molecule has 28 heavy (non-hydrogen) atoms. The predicted octanol–water partition coefficient (Wildman–Crippen LogP) is 4.28. The van der Waals surface area contributed by atoms with Crippen LogP contribution in [0.3, 0.4) is 0 Å². The van der Waals surface area contributed by atoms with E-state index in [4.69, 9.17) is 0 Å². The van der Waals surface area contributed by atoms with Crippen LogP contribution in [0.2, 0.25) is 0 Å². The van der Waals surface area contributed by atoms with Crippen LogP contribution < -0.4 is 15.1 Å². The van der Waals surface area contributed by atoms with E-state index in [-0.39, 0.29) is 11.7 Å². The lowest BCUT2D eigenvalue weighted by Gasteiger charge is -2.33. The van der Waals surface area contributed by atoms with Gasteiger partial charge in [0, 0.05) is 44.4 Å². The topological polar surface area (TPSA) is 52.7 Å². The third kappa shape index (κ3) is 3.07. The Labute approximate surface area is 165 Å². The van der Waals surface area contributed by atoms with Gasteiger partial charge >= 0.3 is 0 Å². The average molecular weight is 375 g/mol. The quantitative estimate of drug-likeness (QED) is 0.851. The molecule has 2 aromatic rings. The van der Waals surface area contributed by atoms with Crippen molar-refractivity contribution in [1.82, 2.24) is 0 Å². The van der Waals surface area contributed by atoms with E-state index in [1.165, 1.54) is 0 Å². The zero-order valence-corrected chi connectivity index (χ0v) is 16.5. The molecule has 5 nitrogen and oxygen atoms in total. The Morgan fingerprint density at radius 2 is 1.79 bits per heavy atom. The first-order chi connectivity index (χ1) is 13.5. The minimum atomic E-state index is -0.423. The molecule has 2 aromatic carbocycles. The lowest BCUT2D eigenvalue weighted by atomic mass is 9.85. The number of hydrogen-bond acceptors (Lipinski definition) is 4. The smallest absolute Gasteiger partial charge is 0.224 e. The Hall–Kier alpha value is -3.08. The number of nitrogens with zero attached hydrogens (tertiary/aromatic N) is 2. The zero-order valence-electron chi connectivity index (χ0n) is 16.5. The highest BCUT2D eigenvalue weighted by Crippen LogP contribution is 2.44. The summed E-state index contributed by atoms with van der Waals surface area (Å²) in [6.07, 6.45) is 2.17. The van der Waals surface area contributed by atoms with Crippen molar-refractivity contribution in [1.29, 1.82) is 0 Å². The van der Waals surface area contributed by atoms with Crippen LogP contribution >= 0.6 is 0 Å². The monoisotopic (exact) mass is 375 g/mol. The predicted molar refractivity (Wildman–Crippen MR) is 113 cm³/mol. The van der Waals surface area contributed by atoms with E-state index >= 15 is 0 Å². The molecule has 0 spiro atoms. The van der Waals surface area contributed by atoms with Crippen LogP contribution in [0.4, 0.5) is 17.1 Å². The first-order valence-electron chi connectivity index (χ1n) is 9.66. The number of Topliss-reactive ketones (excluding diaryl/α,β-unsaturated/α-hetero) is 1. The van der Waals surface area contributed by atoms with Crippen molar-refractivity contribution < 1.29 is 9.59 Å². The third-order valence-electron chi connectivity index (χ3n) is 5.50. The maximum atomic E-state index is 13.0. The van der Waals surface area contributed by atoms with Gasteiger partial charge in [0.05, 0.1) is 17.4 Å². The van der Waals surface area contributed by atoms with Crippen LogP contribution in [0.25, 0.3) is 0 Å². The third-order valence-corrected chi connectivity index (χ3v) is 5.50. The van der Waals surface area contributed by atoms with Crippen molar-refractivity contribution in [2.75, 3.05) is 29.2 Å². The van der Waals surface area contributed by atoms with E-state index in [0.717, 1.165) is 46.7 Å². The van der Waals surface area contributed by atoms with Gasteiger partial charge in [-0.1, -0.05) is 24.3 Å². The number of fused-ring (bicyclic) bond motifs is 1. The van der Waals surface area contributed by atoms with E-state index in [0.29, 0.717) is 6.42 Å². The fourth-order valence-corrected chi connectivity index (χ4v) is 4.15. The summed E-state index contributed by atoms with van der Waals surface area (Å²) < 4.78 is 0. The van der Waals surface area contributed by atoms with E-state index in [1.807, 2.05) is 67.5 Å². The summed E-state index contributed by atoms with van der Waals surface area (Å²) >= 11 is 0. The standard InChI is InChI=1S/C23H25N3O2/c1-15(27)26-20-9-5-4-7-18(20)24-19-8-6-10-21(28)22(19)23(26)16-11-13-17(14-12-16)25(2)3/h4-5,7,9,11-14,23-24H,6,8,10H2,1-3H3. The summed E-state index contributed by atoms with van der Waals surface area (Å²) in [5.41, 5.74) is 5.35. The molecule has 1 unspecified atom stereocenters. The average Bonchev–Trinajstić information content (AvgIpc) is 2.83. The van der Waals surface area contributed by atoms with Crippen molar-refractivity contribution >= 4 is 28.8 Å². The second kappa shape index (κ2) is 7.15. The van der Waals surface area contributed by atoms with Crippen molar-refractivity contribution in [2.45, 2.75) is 32.2 Å². The van der Waals surface area contributed by atoms with Gasteiger partial charge in [-0.2, -0.15) is 0 Å². The molecule has 4 rings (SSSR count). The first-order valence-corrected chi connectivity index (χ1v) is 9.66. The molecule has 144 valence electrons. The van der Waals surface area contributed by atoms with Gasteiger partial charge in [-0.3, -0.25) is 14.5 Å². The fraction of sp³-hybridized carbons (Fsp3) is 0.304. The van der Waals surface area contributed by atoms with Crippen molar-refractivity contribution in [3.63, 3.8) is 0 Å². The molecule has 1 N–H and O–H groups in total. The molecule has 5 heteroatoms. The summed E-state index contributed by atoms with van der Waals surface area (Å²) in [5, 5.41) is 3.46. The van der Waals surface area contributed by atoms with Gasteiger partial charge in [-0.05, 0) is 42.7 Å². The zero-order chi connectivity index (χ0) is 19.8. The number of ketones is 1. The minimum absolute atomic E-state index is 0.0805. The molecule has 1 aliphatic carbocycles. The number of amides is 1. The molecule has 1 aliphatic heterocycles. The lowest BCUT2D eigenvalue weighted by Crippen LogP contribution is -2.36. The molecular formula is C23H25N3O2. The second-order valence-electron chi connectivity index (χ2n) is 7.59. The fourth-order valence-electron chi connectivity index (χ4n) is 4.15. The highest BCUT2D eigenvalue weighted by molar-refractivity contribution is 6.05. The van der Waals surface area contributed by atoms with Crippen molar-refractivity contribution in [3.05, 3.63) is 65.4 Å². The molecule has 0 bridgehead atoms. The highest BCUT2D eigenvalue weighted by Gasteiger charge is 2.38. The molecule has 1 amide bonds. The number of allylic oxidation sites excluding steroid dienone is 1. The maximum absolute atomic E-state index is 13.0. The van der Waals surface area contributed by atoms with E-state index < -0.39 is 6.04 Å². The van der Waals surface area contributed by atoms with Gasteiger partial charge in [0.15, 0.2) is 5.78 Å². The number of carbonyl (C=O) groups is 2. The van der Waals surface area contributed by atoms with Gasteiger partial charge in [-0.15, -0.1) is 0 Å². The summed E-state index contributed by atoms with van der Waals surface area (Å²) in [4.78, 5) is 29.6. The molecule has 0 saturated carbocycles. The van der Waals surface area contributed by atoms with Crippen LogP contribution in [0.5, 0.6) is 0 Å². The van der Waals surface area contributed by atoms with Gasteiger partial charge in [0.2, 0.25) is 5.91 Å². The van der Waals surface area contributed by atoms with Crippen LogP contribution in [0, 0.1) is 0 Å². The highest BCUT2D eigenvalue weighted by atomic mass is 16.2. The summed E-state index contributed by atoms with van der Waals surface area (Å²) in [7, 11) is 3.99. The van der Waals surface area contributed by atoms with Gasteiger partial charge < -0.3 is 10.2 Å². The minimum Gasteiger partial charge on any atom is -0.378 e. The molecule has 1 heterocycles. The van der Waals surface area contributed by atoms with E-state index in [9.17, 15) is 9.59 Å². The normalized spacial score (nSPS) is 18.8. The maximum Gasteiger partial charge on any atom is 0.224 e. The largest absolute Gasteiger partial charge is 0.378 e. The van der Waals surface area contributed by atoms with Crippen molar-refractivity contribution in [2.24, 2.45) is 0 Å². The number of benzene rings is 2. The van der Waals surface area contributed by atoms with Crippen LogP contribution in [0.1, 0.15) is 37.8 Å². The molecule has 2 aliphatic rings. The van der Waals surface area contributed by atoms with Gasteiger partial charge in [0.25, 0.3) is 0 Å². The SMILES string of the molecule is CC(=O)N1c2ccccc2NC2=C(C(=O)CCC2)C1c1ccc(N(C)C)cc1. The lowest BCUT2D eigenvalue weighted by molar-refractivity contribution is -0.117.